The Morgan fingerprint density at radius 3 is 2.00 bits per heavy atom. The van der Waals surface area contributed by atoms with Crippen LogP contribution in [-0.4, -0.2) is 4.98 Å². The SMILES string of the molecule is N#Cc1c2ccc3nc2ccc13. The van der Waals surface area contributed by atoms with E-state index >= 15 is 0 Å². The highest BCUT2D eigenvalue weighted by Crippen LogP contribution is 2.29. The first-order valence-electron chi connectivity index (χ1n) is 3.74. The van der Waals surface area contributed by atoms with Crippen molar-refractivity contribution < 1.29 is 0 Å². The van der Waals surface area contributed by atoms with Crippen LogP contribution in [0.4, 0.5) is 0 Å². The fourth-order valence-electron chi connectivity index (χ4n) is 1.69. The first-order chi connectivity index (χ1) is 5.90. The number of fused-ring (bicyclic) bond motifs is 2. The van der Waals surface area contributed by atoms with Gasteiger partial charge in [-0.05, 0) is 24.3 Å². The fourth-order valence-corrected chi connectivity index (χ4v) is 1.69. The second-order valence-corrected chi connectivity index (χ2v) is 2.86. The van der Waals surface area contributed by atoms with Crippen molar-refractivity contribution in [3.63, 3.8) is 0 Å². The van der Waals surface area contributed by atoms with Gasteiger partial charge in [0.2, 0.25) is 0 Å². The Kier molecular flexibility index (Phi) is 0.785. The summed E-state index contributed by atoms with van der Waals surface area (Å²) in [5, 5.41) is 10.8. The third-order valence-electron chi connectivity index (χ3n) is 2.26. The van der Waals surface area contributed by atoms with Crippen LogP contribution in [0.5, 0.6) is 0 Å². The van der Waals surface area contributed by atoms with Crippen LogP contribution in [0.15, 0.2) is 24.3 Å². The third kappa shape index (κ3) is 0.454. The molecule has 0 spiro atoms. The average Bonchev–Trinajstić information content (AvgIpc) is 2.17. The molecule has 0 aliphatic rings. The van der Waals surface area contributed by atoms with Gasteiger partial charge in [0.1, 0.15) is 6.07 Å². The van der Waals surface area contributed by atoms with Crippen molar-refractivity contribution in [1.29, 1.82) is 5.26 Å². The number of hydrogen-bond acceptors (Lipinski definition) is 2. The van der Waals surface area contributed by atoms with Gasteiger partial charge in [-0.25, -0.2) is 4.98 Å². The van der Waals surface area contributed by atoms with Gasteiger partial charge in [0, 0.05) is 10.8 Å². The van der Waals surface area contributed by atoms with Gasteiger partial charge in [0.05, 0.1) is 16.6 Å². The van der Waals surface area contributed by atoms with E-state index in [1.54, 1.807) is 0 Å². The van der Waals surface area contributed by atoms with Crippen LogP contribution < -0.4 is 0 Å². The molecule has 0 saturated heterocycles. The lowest BCUT2D eigenvalue weighted by atomic mass is 9.99. The van der Waals surface area contributed by atoms with Gasteiger partial charge in [-0.2, -0.15) is 5.26 Å². The Labute approximate surface area is 68.7 Å². The second-order valence-electron chi connectivity index (χ2n) is 2.86. The van der Waals surface area contributed by atoms with Crippen molar-refractivity contribution in [2.24, 2.45) is 0 Å². The van der Waals surface area contributed by atoms with Crippen molar-refractivity contribution in [2.75, 3.05) is 0 Å². The van der Waals surface area contributed by atoms with Gasteiger partial charge < -0.3 is 0 Å². The molecular formula is C10H4N2. The first-order valence-corrected chi connectivity index (χ1v) is 3.74. The van der Waals surface area contributed by atoms with Crippen LogP contribution in [0, 0.1) is 11.3 Å². The van der Waals surface area contributed by atoms with Crippen LogP contribution in [0.25, 0.3) is 21.8 Å². The van der Waals surface area contributed by atoms with Crippen LogP contribution in [0.2, 0.25) is 0 Å². The van der Waals surface area contributed by atoms with E-state index < -0.39 is 0 Å². The predicted octanol–water partition coefficient (Wildman–Crippen LogP) is 2.14. The lowest BCUT2D eigenvalue weighted by Crippen LogP contribution is -1.92. The second kappa shape index (κ2) is 1.64. The molecule has 54 valence electrons. The molecule has 0 amide bonds. The maximum absolute atomic E-state index is 8.87. The highest BCUT2D eigenvalue weighted by atomic mass is 14.7. The molecule has 0 atom stereocenters. The van der Waals surface area contributed by atoms with E-state index in [1.807, 2.05) is 24.3 Å². The molecule has 3 aromatic heterocycles. The van der Waals surface area contributed by atoms with Gasteiger partial charge in [0.25, 0.3) is 0 Å². The smallest absolute Gasteiger partial charge is 0.101 e. The number of pyridine rings is 3. The van der Waals surface area contributed by atoms with Crippen molar-refractivity contribution >= 4 is 21.8 Å². The maximum atomic E-state index is 8.87. The minimum Gasteiger partial charge on any atom is -0.248 e. The summed E-state index contributed by atoms with van der Waals surface area (Å²) in [6.45, 7) is 0. The highest BCUT2D eigenvalue weighted by Gasteiger charge is 2.11. The largest absolute Gasteiger partial charge is 0.248 e. The van der Waals surface area contributed by atoms with Crippen molar-refractivity contribution in [2.45, 2.75) is 0 Å². The summed E-state index contributed by atoms with van der Waals surface area (Å²) in [5.41, 5.74) is 2.64. The number of hydrogen-bond donors (Lipinski definition) is 0. The molecule has 0 unspecified atom stereocenters. The van der Waals surface area contributed by atoms with Crippen molar-refractivity contribution in [3.05, 3.63) is 29.8 Å². The van der Waals surface area contributed by atoms with Gasteiger partial charge in [-0.15, -0.1) is 0 Å². The molecule has 0 fully saturated rings. The van der Waals surface area contributed by atoms with E-state index in [-0.39, 0.29) is 0 Å². The Morgan fingerprint density at radius 1 is 1.00 bits per heavy atom. The standard InChI is InChI=1S/C10H4N2/c11-5-8-6-1-3-9-7(8)2-4-10(6)12-9/h1-4H. The van der Waals surface area contributed by atoms with Crippen LogP contribution in [0.3, 0.4) is 0 Å². The van der Waals surface area contributed by atoms with E-state index in [1.165, 1.54) is 0 Å². The molecule has 0 radical (unpaired) electrons. The van der Waals surface area contributed by atoms with Gasteiger partial charge >= 0.3 is 0 Å². The molecule has 0 N–H and O–H groups in total. The molecular weight excluding hydrogens is 148 g/mol. The molecule has 2 aromatic carbocycles. The van der Waals surface area contributed by atoms with E-state index in [4.69, 9.17) is 5.26 Å². The average molecular weight is 152 g/mol. The van der Waals surface area contributed by atoms with Crippen LogP contribution >= 0.6 is 0 Å². The quantitative estimate of drug-likeness (QED) is 0.494. The summed E-state index contributed by atoms with van der Waals surface area (Å²) in [5.74, 6) is 0. The van der Waals surface area contributed by atoms with Gasteiger partial charge in [-0.1, -0.05) is 0 Å². The zero-order chi connectivity index (χ0) is 8.13. The third-order valence-corrected chi connectivity index (χ3v) is 2.26. The predicted molar refractivity (Wildman–Crippen MR) is 46.3 cm³/mol. The van der Waals surface area contributed by atoms with E-state index in [9.17, 15) is 0 Å². The van der Waals surface area contributed by atoms with Crippen LogP contribution in [-0.2, 0) is 0 Å². The molecule has 2 heteroatoms. The molecule has 2 nitrogen and oxygen atoms in total. The van der Waals surface area contributed by atoms with E-state index in [0.29, 0.717) is 0 Å². The van der Waals surface area contributed by atoms with Crippen LogP contribution in [0.1, 0.15) is 5.56 Å². The number of nitriles is 1. The summed E-state index contributed by atoms with van der Waals surface area (Å²) in [6, 6.07) is 10.0. The summed E-state index contributed by atoms with van der Waals surface area (Å²) < 4.78 is 0. The Bertz CT molecular complexity index is 534. The van der Waals surface area contributed by atoms with E-state index in [2.05, 4.69) is 11.1 Å². The summed E-state index contributed by atoms with van der Waals surface area (Å²) in [7, 11) is 0. The molecule has 4 bridgehead atoms. The Balaban J connectivity index is 2.80. The van der Waals surface area contributed by atoms with Crippen molar-refractivity contribution in [1.82, 2.24) is 4.98 Å². The fraction of sp³-hybridized carbons (Fsp3) is 0. The minimum atomic E-state index is 0.778. The first kappa shape index (κ1) is 5.73. The maximum Gasteiger partial charge on any atom is 0.101 e. The molecule has 0 saturated carbocycles. The summed E-state index contributed by atoms with van der Waals surface area (Å²) in [6.07, 6.45) is 0. The van der Waals surface area contributed by atoms with Gasteiger partial charge in [0.15, 0.2) is 0 Å². The number of nitrogens with zero attached hydrogens (tertiary/aromatic N) is 2. The summed E-state index contributed by atoms with van der Waals surface area (Å²) >= 11 is 0. The number of benzene rings is 2. The normalized spacial score (nSPS) is 11.2. The monoisotopic (exact) mass is 152 g/mol. The topological polar surface area (TPSA) is 36.7 Å². The van der Waals surface area contributed by atoms with Crippen molar-refractivity contribution in [3.8, 4) is 6.07 Å². The zero-order valence-electron chi connectivity index (χ0n) is 6.20. The molecule has 0 aliphatic heterocycles. The lowest BCUT2D eigenvalue weighted by Gasteiger charge is -2.08. The lowest BCUT2D eigenvalue weighted by molar-refractivity contribution is 1.45. The molecule has 0 aliphatic carbocycles. The number of rotatable bonds is 0. The number of aromatic nitrogens is 1. The zero-order valence-corrected chi connectivity index (χ0v) is 6.20. The molecule has 12 heavy (non-hydrogen) atoms. The molecule has 3 heterocycles. The van der Waals surface area contributed by atoms with E-state index in [0.717, 1.165) is 27.4 Å². The molecule has 5 rings (SSSR count). The Morgan fingerprint density at radius 2 is 1.58 bits per heavy atom. The highest BCUT2D eigenvalue weighted by molar-refractivity contribution is 6.04. The summed E-state index contributed by atoms with van der Waals surface area (Å²) in [4.78, 5) is 4.33. The molecule has 5 aromatic rings. The van der Waals surface area contributed by atoms with Gasteiger partial charge in [-0.3, -0.25) is 0 Å². The minimum absolute atomic E-state index is 0.778. The Hall–Kier alpha value is -1.88.